The van der Waals surface area contributed by atoms with E-state index in [9.17, 15) is 14.7 Å². The molecule has 0 fully saturated rings. The molecule has 0 aliphatic heterocycles. The quantitative estimate of drug-likeness (QED) is 0.601. The zero-order chi connectivity index (χ0) is 18.8. The standard InChI is InChI=1S/C18H14Cl2N2O4/c1-26-15-5-3-10(7-13(15)20)21-16(23)8-12-11-6-9(19)2-4-14(11)22-17(12)18(24)25/h2-7,22H,8H2,1H3,(H,21,23)(H,24,25). The number of carbonyl (C=O) groups is 2. The van der Waals surface area contributed by atoms with Crippen molar-refractivity contribution in [3.8, 4) is 5.75 Å². The third kappa shape index (κ3) is 3.61. The van der Waals surface area contributed by atoms with Gasteiger partial charge < -0.3 is 20.1 Å². The number of fused-ring (bicyclic) bond motifs is 1. The molecule has 134 valence electrons. The van der Waals surface area contributed by atoms with Crippen LogP contribution in [-0.2, 0) is 11.2 Å². The fourth-order valence-corrected chi connectivity index (χ4v) is 3.13. The first-order valence-electron chi connectivity index (χ1n) is 7.56. The summed E-state index contributed by atoms with van der Waals surface area (Å²) in [7, 11) is 1.50. The zero-order valence-corrected chi connectivity index (χ0v) is 15.1. The Hall–Kier alpha value is -2.70. The minimum Gasteiger partial charge on any atom is -0.495 e. The molecule has 1 aromatic heterocycles. The number of carboxylic acids is 1. The highest BCUT2D eigenvalue weighted by atomic mass is 35.5. The van der Waals surface area contributed by atoms with Crippen LogP contribution < -0.4 is 10.1 Å². The number of amides is 1. The second-order valence-electron chi connectivity index (χ2n) is 5.55. The molecule has 2 aromatic carbocycles. The van der Waals surface area contributed by atoms with Gasteiger partial charge in [-0.25, -0.2) is 4.79 Å². The molecule has 0 bridgehead atoms. The maximum atomic E-state index is 12.4. The van der Waals surface area contributed by atoms with Crippen LogP contribution in [-0.4, -0.2) is 29.1 Å². The van der Waals surface area contributed by atoms with Crippen molar-refractivity contribution in [2.45, 2.75) is 6.42 Å². The number of anilines is 1. The SMILES string of the molecule is COc1ccc(NC(=O)Cc2c(C(=O)O)[nH]c3ccc(Cl)cc23)cc1Cl. The molecule has 0 aliphatic rings. The van der Waals surface area contributed by atoms with Gasteiger partial charge in [0.15, 0.2) is 0 Å². The highest BCUT2D eigenvalue weighted by Crippen LogP contribution is 2.29. The normalized spacial score (nSPS) is 10.7. The summed E-state index contributed by atoms with van der Waals surface area (Å²) in [5, 5.41) is 13.5. The minimum atomic E-state index is -1.15. The molecule has 26 heavy (non-hydrogen) atoms. The Morgan fingerprint density at radius 3 is 2.62 bits per heavy atom. The van der Waals surface area contributed by atoms with Crippen molar-refractivity contribution in [2.75, 3.05) is 12.4 Å². The van der Waals surface area contributed by atoms with Crippen LogP contribution in [0.5, 0.6) is 5.75 Å². The highest BCUT2D eigenvalue weighted by molar-refractivity contribution is 6.32. The number of halogens is 2. The Kier molecular flexibility index (Phi) is 5.06. The summed E-state index contributed by atoms with van der Waals surface area (Å²) in [4.78, 5) is 26.7. The molecule has 0 saturated carbocycles. The number of hydrogen-bond acceptors (Lipinski definition) is 3. The summed E-state index contributed by atoms with van der Waals surface area (Å²) < 4.78 is 5.07. The van der Waals surface area contributed by atoms with E-state index < -0.39 is 5.97 Å². The second kappa shape index (κ2) is 7.27. The molecule has 3 aromatic rings. The van der Waals surface area contributed by atoms with E-state index in [4.69, 9.17) is 27.9 Å². The summed E-state index contributed by atoms with van der Waals surface area (Å²) in [6.07, 6.45) is -0.133. The Balaban J connectivity index is 1.89. The Morgan fingerprint density at radius 1 is 1.19 bits per heavy atom. The van der Waals surface area contributed by atoms with Crippen molar-refractivity contribution in [1.29, 1.82) is 0 Å². The van der Waals surface area contributed by atoms with Crippen LogP contribution in [0.1, 0.15) is 16.1 Å². The number of carboxylic acid groups (broad SMARTS) is 1. The smallest absolute Gasteiger partial charge is 0.352 e. The van der Waals surface area contributed by atoms with E-state index in [2.05, 4.69) is 10.3 Å². The summed E-state index contributed by atoms with van der Waals surface area (Å²) in [5.74, 6) is -1.04. The van der Waals surface area contributed by atoms with Crippen LogP contribution in [0.2, 0.25) is 10.0 Å². The number of aromatic carboxylic acids is 1. The van der Waals surface area contributed by atoms with E-state index in [1.54, 1.807) is 36.4 Å². The Bertz CT molecular complexity index is 1010. The van der Waals surface area contributed by atoms with E-state index in [1.165, 1.54) is 7.11 Å². The van der Waals surface area contributed by atoms with Crippen LogP contribution >= 0.6 is 23.2 Å². The fraction of sp³-hybridized carbons (Fsp3) is 0.111. The minimum absolute atomic E-state index is 0.0369. The van der Waals surface area contributed by atoms with Crippen molar-refractivity contribution < 1.29 is 19.4 Å². The van der Waals surface area contributed by atoms with E-state index in [0.29, 0.717) is 37.9 Å². The number of carbonyl (C=O) groups excluding carboxylic acids is 1. The average Bonchev–Trinajstić information content (AvgIpc) is 2.93. The zero-order valence-electron chi connectivity index (χ0n) is 13.6. The van der Waals surface area contributed by atoms with Gasteiger partial charge in [-0.1, -0.05) is 23.2 Å². The van der Waals surface area contributed by atoms with Gasteiger partial charge in [-0.05, 0) is 36.4 Å². The second-order valence-corrected chi connectivity index (χ2v) is 6.39. The lowest BCUT2D eigenvalue weighted by Crippen LogP contribution is -2.16. The van der Waals surface area contributed by atoms with Crippen molar-refractivity contribution in [2.24, 2.45) is 0 Å². The fourth-order valence-electron chi connectivity index (χ4n) is 2.70. The molecule has 0 unspecified atom stereocenters. The lowest BCUT2D eigenvalue weighted by molar-refractivity contribution is -0.115. The highest BCUT2D eigenvalue weighted by Gasteiger charge is 2.20. The molecule has 0 spiro atoms. The molecule has 6 nitrogen and oxygen atoms in total. The summed E-state index contributed by atoms with van der Waals surface area (Å²) in [5.41, 5.74) is 1.41. The van der Waals surface area contributed by atoms with Crippen LogP contribution in [0.15, 0.2) is 36.4 Å². The number of nitrogens with one attached hydrogen (secondary N) is 2. The molecule has 3 rings (SSSR count). The third-order valence-corrected chi connectivity index (χ3v) is 4.39. The predicted molar refractivity (Wildman–Crippen MR) is 101 cm³/mol. The summed E-state index contributed by atoms with van der Waals surface area (Å²) in [6.45, 7) is 0. The lowest BCUT2D eigenvalue weighted by Gasteiger charge is -2.08. The van der Waals surface area contributed by atoms with Gasteiger partial charge in [0.05, 0.1) is 18.6 Å². The Morgan fingerprint density at radius 2 is 1.96 bits per heavy atom. The van der Waals surface area contributed by atoms with Gasteiger partial charge in [-0.3, -0.25) is 4.79 Å². The third-order valence-electron chi connectivity index (χ3n) is 3.85. The first-order valence-corrected chi connectivity index (χ1v) is 8.31. The predicted octanol–water partition coefficient (Wildman–Crippen LogP) is 4.36. The molecule has 1 amide bonds. The van der Waals surface area contributed by atoms with Crippen LogP contribution in [0.25, 0.3) is 10.9 Å². The maximum Gasteiger partial charge on any atom is 0.352 e. The van der Waals surface area contributed by atoms with Gasteiger partial charge in [0.1, 0.15) is 11.4 Å². The number of H-pyrrole nitrogens is 1. The van der Waals surface area contributed by atoms with Crippen molar-refractivity contribution >= 4 is 51.7 Å². The summed E-state index contributed by atoms with van der Waals surface area (Å²) in [6, 6.07) is 9.79. The van der Waals surface area contributed by atoms with Gasteiger partial charge >= 0.3 is 5.97 Å². The van der Waals surface area contributed by atoms with Gasteiger partial charge in [-0.15, -0.1) is 0 Å². The number of aromatic amines is 1. The lowest BCUT2D eigenvalue weighted by atomic mass is 10.1. The number of methoxy groups -OCH3 is 1. The molecule has 1 heterocycles. The van der Waals surface area contributed by atoms with Gasteiger partial charge in [0, 0.05) is 27.2 Å². The number of benzene rings is 2. The molecular weight excluding hydrogens is 379 g/mol. The number of aromatic nitrogens is 1. The van der Waals surface area contributed by atoms with E-state index in [1.807, 2.05) is 0 Å². The molecule has 8 heteroatoms. The van der Waals surface area contributed by atoms with E-state index in [-0.39, 0.29) is 18.0 Å². The van der Waals surface area contributed by atoms with Crippen molar-refractivity contribution in [3.63, 3.8) is 0 Å². The maximum absolute atomic E-state index is 12.4. The topological polar surface area (TPSA) is 91.4 Å². The van der Waals surface area contributed by atoms with Crippen LogP contribution in [0, 0.1) is 0 Å². The molecular formula is C18H14Cl2N2O4. The first-order chi connectivity index (χ1) is 12.4. The summed E-state index contributed by atoms with van der Waals surface area (Å²) >= 11 is 12.0. The number of ether oxygens (including phenoxy) is 1. The van der Waals surface area contributed by atoms with E-state index >= 15 is 0 Å². The van der Waals surface area contributed by atoms with E-state index in [0.717, 1.165) is 0 Å². The molecule has 0 saturated heterocycles. The first kappa shape index (κ1) is 18.1. The molecule has 0 atom stereocenters. The van der Waals surface area contributed by atoms with Crippen LogP contribution in [0.3, 0.4) is 0 Å². The van der Waals surface area contributed by atoms with Crippen LogP contribution in [0.4, 0.5) is 5.69 Å². The number of hydrogen-bond donors (Lipinski definition) is 3. The van der Waals surface area contributed by atoms with Gasteiger partial charge in [-0.2, -0.15) is 0 Å². The molecule has 3 N–H and O–H groups in total. The van der Waals surface area contributed by atoms with Crippen molar-refractivity contribution in [3.05, 3.63) is 57.7 Å². The van der Waals surface area contributed by atoms with Gasteiger partial charge in [0.2, 0.25) is 5.91 Å². The Labute approximate surface area is 158 Å². The molecule has 0 aliphatic carbocycles. The van der Waals surface area contributed by atoms with Gasteiger partial charge in [0.25, 0.3) is 0 Å². The largest absolute Gasteiger partial charge is 0.495 e. The monoisotopic (exact) mass is 392 g/mol. The number of rotatable bonds is 5. The average molecular weight is 393 g/mol. The molecule has 0 radical (unpaired) electrons. The van der Waals surface area contributed by atoms with Crippen molar-refractivity contribution in [1.82, 2.24) is 4.98 Å².